The quantitative estimate of drug-likeness (QED) is 0.513. The molecule has 6 nitrogen and oxygen atoms in total. The number of alkyl halides is 3. The molecule has 0 atom stereocenters. The zero-order valence-electron chi connectivity index (χ0n) is 15.2. The van der Waals surface area contributed by atoms with Gasteiger partial charge in [-0.1, -0.05) is 24.4 Å². The van der Waals surface area contributed by atoms with Gasteiger partial charge >= 0.3 is 12.1 Å². The zero-order valence-corrected chi connectivity index (χ0v) is 17.6. The van der Waals surface area contributed by atoms with Crippen LogP contribution in [0.15, 0.2) is 22.8 Å². The summed E-state index contributed by atoms with van der Waals surface area (Å²) < 4.78 is 44.3. The fourth-order valence-electron chi connectivity index (χ4n) is 3.08. The van der Waals surface area contributed by atoms with Crippen molar-refractivity contribution in [2.24, 2.45) is 0 Å². The highest BCUT2D eigenvalue weighted by Gasteiger charge is 2.35. The van der Waals surface area contributed by atoms with E-state index in [0.717, 1.165) is 38.9 Å². The van der Waals surface area contributed by atoms with Gasteiger partial charge in [0, 0.05) is 16.2 Å². The van der Waals surface area contributed by atoms with Crippen LogP contribution in [0.25, 0.3) is 0 Å². The van der Waals surface area contributed by atoms with E-state index in [1.807, 2.05) is 0 Å². The number of benzene rings is 1. The molecule has 1 aliphatic carbocycles. The first kappa shape index (κ1) is 21.6. The molecule has 1 heterocycles. The van der Waals surface area contributed by atoms with Gasteiger partial charge in [-0.05, 0) is 40.9 Å². The summed E-state index contributed by atoms with van der Waals surface area (Å²) in [6.45, 7) is 0. The first-order chi connectivity index (χ1) is 13.7. The molecular weight excluding hydrogens is 477 g/mol. The van der Waals surface area contributed by atoms with Crippen molar-refractivity contribution in [3.05, 3.63) is 39.0 Å². The van der Waals surface area contributed by atoms with E-state index in [2.05, 4.69) is 41.3 Å². The van der Waals surface area contributed by atoms with Crippen molar-refractivity contribution < 1.29 is 22.7 Å². The minimum atomic E-state index is -4.69. The van der Waals surface area contributed by atoms with Crippen molar-refractivity contribution in [2.75, 3.05) is 17.7 Å². The Morgan fingerprint density at radius 2 is 2.00 bits per heavy atom. The molecule has 0 radical (unpaired) electrons. The van der Waals surface area contributed by atoms with Crippen LogP contribution in [0.1, 0.15) is 41.6 Å². The first-order valence-corrected chi connectivity index (χ1v) is 9.91. The fourth-order valence-corrected chi connectivity index (χ4v) is 3.84. The lowest BCUT2D eigenvalue weighted by molar-refractivity contribution is -0.138. The van der Waals surface area contributed by atoms with Gasteiger partial charge in [-0.15, -0.1) is 0 Å². The summed E-state index contributed by atoms with van der Waals surface area (Å²) in [5.41, 5.74) is -1.32. The number of rotatable bonds is 5. The summed E-state index contributed by atoms with van der Waals surface area (Å²) in [5.74, 6) is -0.467. The maximum atomic E-state index is 13.4. The van der Waals surface area contributed by atoms with Crippen LogP contribution in [0.4, 0.5) is 30.6 Å². The molecule has 2 N–H and O–H groups in total. The molecule has 0 bridgehead atoms. The van der Waals surface area contributed by atoms with Crippen LogP contribution in [0, 0.1) is 0 Å². The van der Waals surface area contributed by atoms with Crippen LogP contribution in [0.2, 0.25) is 5.02 Å². The van der Waals surface area contributed by atoms with Gasteiger partial charge in [0.1, 0.15) is 5.02 Å². The number of carbonyl (C=O) groups excluding carboxylic acids is 1. The molecule has 2 aromatic rings. The molecular formula is C18H17BrClF3N4O2. The highest BCUT2D eigenvalue weighted by molar-refractivity contribution is 9.10. The molecule has 1 fully saturated rings. The highest BCUT2D eigenvalue weighted by Crippen LogP contribution is 2.39. The maximum Gasteiger partial charge on any atom is 0.417 e. The Hall–Kier alpha value is -2.07. The topological polar surface area (TPSA) is 76.1 Å². The average Bonchev–Trinajstić information content (AvgIpc) is 3.17. The third-order valence-electron chi connectivity index (χ3n) is 4.48. The number of methoxy groups -OCH3 is 1. The monoisotopic (exact) mass is 492 g/mol. The van der Waals surface area contributed by atoms with Gasteiger partial charge in [0.2, 0.25) is 5.95 Å². The second kappa shape index (κ2) is 8.74. The van der Waals surface area contributed by atoms with Crippen LogP contribution in [-0.4, -0.2) is 29.1 Å². The molecule has 0 amide bonds. The average molecular weight is 494 g/mol. The van der Waals surface area contributed by atoms with E-state index in [9.17, 15) is 18.0 Å². The Morgan fingerprint density at radius 3 is 2.62 bits per heavy atom. The molecule has 156 valence electrons. The number of nitrogens with zero attached hydrogens (tertiary/aromatic N) is 2. The molecule has 3 rings (SSSR count). The number of halogens is 5. The third kappa shape index (κ3) is 5.11. The lowest BCUT2D eigenvalue weighted by Crippen LogP contribution is -2.16. The number of esters is 1. The van der Waals surface area contributed by atoms with E-state index in [-0.39, 0.29) is 23.2 Å². The fraction of sp³-hybridized carbons (Fsp3) is 0.389. The predicted octanol–water partition coefficient (Wildman–Crippen LogP) is 5.80. The van der Waals surface area contributed by atoms with Crippen LogP contribution < -0.4 is 10.6 Å². The van der Waals surface area contributed by atoms with E-state index in [4.69, 9.17) is 11.6 Å². The Kier molecular flexibility index (Phi) is 6.52. The van der Waals surface area contributed by atoms with Gasteiger partial charge in [-0.3, -0.25) is 0 Å². The largest absolute Gasteiger partial charge is 0.465 e. The standard InChI is InChI=1S/C18H17BrClF3N4O2/c1-29-16(28)11-6-10(7-12(14(11)19)18(21,22)23)26-17-24-8-13(20)15(27-17)25-9-4-2-3-5-9/h6-9H,2-5H2,1H3,(H2,24,25,26,27). The Balaban J connectivity index is 1.94. The molecule has 1 aliphatic rings. The summed E-state index contributed by atoms with van der Waals surface area (Å²) >= 11 is 8.98. The zero-order chi connectivity index (χ0) is 21.2. The normalized spacial score (nSPS) is 14.7. The third-order valence-corrected chi connectivity index (χ3v) is 5.61. The van der Waals surface area contributed by atoms with E-state index in [0.29, 0.717) is 10.8 Å². The highest BCUT2D eigenvalue weighted by atomic mass is 79.9. The minimum Gasteiger partial charge on any atom is -0.465 e. The Labute approximate surface area is 178 Å². The van der Waals surface area contributed by atoms with Crippen molar-refractivity contribution in [1.29, 1.82) is 0 Å². The summed E-state index contributed by atoms with van der Waals surface area (Å²) in [5, 5.41) is 6.25. The number of hydrogen-bond acceptors (Lipinski definition) is 6. The summed E-state index contributed by atoms with van der Waals surface area (Å²) in [6, 6.07) is 2.33. The van der Waals surface area contributed by atoms with Crippen molar-refractivity contribution >= 4 is 51.0 Å². The van der Waals surface area contributed by atoms with Crippen LogP contribution in [0.3, 0.4) is 0 Å². The van der Waals surface area contributed by atoms with Gasteiger partial charge in [-0.2, -0.15) is 18.2 Å². The molecule has 0 spiro atoms. The van der Waals surface area contributed by atoms with Crippen LogP contribution in [0.5, 0.6) is 0 Å². The smallest absolute Gasteiger partial charge is 0.417 e. The molecule has 29 heavy (non-hydrogen) atoms. The molecule has 0 aliphatic heterocycles. The summed E-state index contributed by atoms with van der Waals surface area (Å²) in [4.78, 5) is 20.2. The van der Waals surface area contributed by atoms with Crippen molar-refractivity contribution in [3.8, 4) is 0 Å². The number of anilines is 3. The predicted molar refractivity (Wildman–Crippen MR) is 107 cm³/mol. The molecule has 0 unspecified atom stereocenters. The van der Waals surface area contributed by atoms with Gasteiger partial charge in [0.15, 0.2) is 5.82 Å². The van der Waals surface area contributed by atoms with Crippen molar-refractivity contribution in [1.82, 2.24) is 9.97 Å². The molecule has 1 saturated carbocycles. The van der Waals surface area contributed by atoms with Crippen molar-refractivity contribution in [2.45, 2.75) is 37.9 Å². The van der Waals surface area contributed by atoms with Crippen LogP contribution >= 0.6 is 27.5 Å². The van der Waals surface area contributed by atoms with Crippen LogP contribution in [-0.2, 0) is 10.9 Å². The number of hydrogen-bond donors (Lipinski definition) is 2. The van der Waals surface area contributed by atoms with E-state index < -0.39 is 22.2 Å². The Bertz CT molecular complexity index is 921. The molecule has 1 aromatic carbocycles. The van der Waals surface area contributed by atoms with Crippen molar-refractivity contribution in [3.63, 3.8) is 0 Å². The van der Waals surface area contributed by atoms with E-state index >= 15 is 0 Å². The van der Waals surface area contributed by atoms with Gasteiger partial charge < -0.3 is 15.4 Å². The summed E-state index contributed by atoms with van der Waals surface area (Å²) in [6.07, 6.45) is 0.885. The lowest BCUT2D eigenvalue weighted by atomic mass is 10.1. The SMILES string of the molecule is COC(=O)c1cc(Nc2ncc(Cl)c(NC3CCCC3)n2)cc(C(F)(F)F)c1Br. The van der Waals surface area contributed by atoms with E-state index in [1.165, 1.54) is 12.3 Å². The minimum absolute atomic E-state index is 0.0185. The Morgan fingerprint density at radius 1 is 1.31 bits per heavy atom. The second-order valence-electron chi connectivity index (χ2n) is 6.52. The van der Waals surface area contributed by atoms with Gasteiger partial charge in [-0.25, -0.2) is 9.78 Å². The van der Waals surface area contributed by atoms with Gasteiger partial charge in [0.25, 0.3) is 0 Å². The summed E-state index contributed by atoms with van der Waals surface area (Å²) in [7, 11) is 1.09. The first-order valence-electron chi connectivity index (χ1n) is 8.74. The second-order valence-corrected chi connectivity index (χ2v) is 7.72. The number of nitrogens with one attached hydrogen (secondary N) is 2. The number of aromatic nitrogens is 2. The lowest BCUT2D eigenvalue weighted by Gasteiger charge is -2.16. The number of ether oxygens (including phenoxy) is 1. The number of carbonyl (C=O) groups is 1. The van der Waals surface area contributed by atoms with E-state index in [1.54, 1.807) is 0 Å². The maximum absolute atomic E-state index is 13.4. The molecule has 11 heteroatoms. The molecule has 1 aromatic heterocycles. The van der Waals surface area contributed by atoms with Gasteiger partial charge in [0.05, 0.1) is 24.4 Å². The molecule has 0 saturated heterocycles.